The van der Waals surface area contributed by atoms with Crippen molar-refractivity contribution in [2.75, 3.05) is 13.1 Å². The van der Waals surface area contributed by atoms with Gasteiger partial charge in [-0.1, -0.05) is 13.8 Å². The molecule has 0 bridgehead atoms. The molecule has 1 heterocycles. The molecule has 5 heteroatoms. The van der Waals surface area contributed by atoms with Crippen LogP contribution in [0.4, 0.5) is 0 Å². The molecule has 0 radical (unpaired) electrons. The monoisotopic (exact) mass is 228 g/mol. The van der Waals surface area contributed by atoms with Gasteiger partial charge in [0.15, 0.2) is 0 Å². The maximum atomic E-state index is 11.6. The Kier molecular flexibility index (Phi) is 4.29. The summed E-state index contributed by atoms with van der Waals surface area (Å²) < 4.78 is 0. The molecule has 3 N–H and O–H groups in total. The van der Waals surface area contributed by atoms with E-state index in [0.717, 1.165) is 6.42 Å². The van der Waals surface area contributed by atoms with E-state index in [2.05, 4.69) is 0 Å². The van der Waals surface area contributed by atoms with E-state index < -0.39 is 5.97 Å². The zero-order valence-corrected chi connectivity index (χ0v) is 9.85. The van der Waals surface area contributed by atoms with Gasteiger partial charge in [-0.3, -0.25) is 9.59 Å². The predicted molar refractivity (Wildman–Crippen MR) is 59.8 cm³/mol. The lowest BCUT2D eigenvalue weighted by atomic mass is 9.86. The molecule has 0 saturated carbocycles. The molecule has 1 fully saturated rings. The summed E-state index contributed by atoms with van der Waals surface area (Å²) in [5, 5.41) is 8.80. The average Bonchev–Trinajstić information content (AvgIpc) is 2.14. The minimum atomic E-state index is -0.789. The number of likely N-dealkylation sites (tertiary alicyclic amines) is 1. The SMILES string of the molecule is CCC(N)CC(=O)N1CC(C(C)C(=O)O)C1. The molecule has 0 aromatic carbocycles. The van der Waals surface area contributed by atoms with Crippen LogP contribution < -0.4 is 5.73 Å². The highest BCUT2D eigenvalue weighted by Crippen LogP contribution is 2.24. The Bertz CT molecular complexity index is 274. The summed E-state index contributed by atoms with van der Waals surface area (Å²) in [5.41, 5.74) is 5.69. The number of nitrogens with two attached hydrogens (primary N) is 1. The Balaban J connectivity index is 2.30. The summed E-state index contributed by atoms with van der Waals surface area (Å²) in [5.74, 6) is -1.02. The zero-order chi connectivity index (χ0) is 12.3. The fraction of sp³-hybridized carbons (Fsp3) is 0.818. The third-order valence-corrected chi connectivity index (χ3v) is 3.32. The first-order valence-corrected chi connectivity index (χ1v) is 5.71. The van der Waals surface area contributed by atoms with E-state index >= 15 is 0 Å². The third kappa shape index (κ3) is 2.95. The van der Waals surface area contributed by atoms with Crippen molar-refractivity contribution in [3.63, 3.8) is 0 Å². The molecule has 1 amide bonds. The fourth-order valence-corrected chi connectivity index (χ4v) is 1.73. The standard InChI is InChI=1S/C11H20N2O3/c1-3-9(12)4-10(14)13-5-8(6-13)7(2)11(15)16/h7-9H,3-6,12H2,1-2H3,(H,15,16). The molecular formula is C11H20N2O3. The van der Waals surface area contributed by atoms with Crippen molar-refractivity contribution < 1.29 is 14.7 Å². The molecular weight excluding hydrogens is 208 g/mol. The number of amides is 1. The van der Waals surface area contributed by atoms with Crippen LogP contribution in [0.15, 0.2) is 0 Å². The van der Waals surface area contributed by atoms with E-state index in [-0.39, 0.29) is 23.8 Å². The quantitative estimate of drug-likeness (QED) is 0.708. The fourth-order valence-electron chi connectivity index (χ4n) is 1.73. The van der Waals surface area contributed by atoms with E-state index in [1.807, 2.05) is 6.92 Å². The molecule has 1 rings (SSSR count). The number of rotatable bonds is 5. The van der Waals surface area contributed by atoms with Crippen molar-refractivity contribution in [1.29, 1.82) is 0 Å². The van der Waals surface area contributed by atoms with E-state index in [0.29, 0.717) is 19.5 Å². The molecule has 16 heavy (non-hydrogen) atoms. The molecule has 1 aliphatic heterocycles. The summed E-state index contributed by atoms with van der Waals surface area (Å²) in [6.07, 6.45) is 1.15. The Hall–Kier alpha value is -1.10. The van der Waals surface area contributed by atoms with Crippen LogP contribution in [0.2, 0.25) is 0 Å². The van der Waals surface area contributed by atoms with Gasteiger partial charge >= 0.3 is 5.97 Å². The second-order valence-corrected chi connectivity index (χ2v) is 4.56. The molecule has 0 spiro atoms. The maximum Gasteiger partial charge on any atom is 0.306 e. The molecule has 0 aromatic rings. The van der Waals surface area contributed by atoms with Crippen LogP contribution in [0.25, 0.3) is 0 Å². The Labute approximate surface area is 95.6 Å². The molecule has 2 atom stereocenters. The van der Waals surface area contributed by atoms with Gasteiger partial charge in [-0.2, -0.15) is 0 Å². The molecule has 5 nitrogen and oxygen atoms in total. The van der Waals surface area contributed by atoms with Crippen molar-refractivity contribution in [2.45, 2.75) is 32.7 Å². The van der Waals surface area contributed by atoms with Gasteiger partial charge in [0.25, 0.3) is 0 Å². The number of carboxylic acid groups (broad SMARTS) is 1. The Morgan fingerprint density at radius 2 is 2.06 bits per heavy atom. The second kappa shape index (κ2) is 5.30. The van der Waals surface area contributed by atoms with E-state index in [9.17, 15) is 9.59 Å². The first-order valence-electron chi connectivity index (χ1n) is 5.71. The number of carbonyl (C=O) groups excluding carboxylic acids is 1. The topological polar surface area (TPSA) is 83.6 Å². The number of hydrogen-bond donors (Lipinski definition) is 2. The lowest BCUT2D eigenvalue weighted by Crippen LogP contribution is -2.54. The third-order valence-electron chi connectivity index (χ3n) is 3.32. The van der Waals surface area contributed by atoms with Crippen LogP contribution in [0.3, 0.4) is 0 Å². The summed E-state index contributed by atoms with van der Waals surface area (Å²) in [7, 11) is 0. The highest BCUT2D eigenvalue weighted by atomic mass is 16.4. The molecule has 2 unspecified atom stereocenters. The molecule has 0 aromatic heterocycles. The van der Waals surface area contributed by atoms with Gasteiger partial charge in [-0.05, 0) is 6.42 Å². The number of carbonyl (C=O) groups is 2. The first kappa shape index (κ1) is 13.0. The van der Waals surface area contributed by atoms with Crippen molar-refractivity contribution >= 4 is 11.9 Å². The van der Waals surface area contributed by atoms with Gasteiger partial charge in [0.05, 0.1) is 5.92 Å². The number of hydrogen-bond acceptors (Lipinski definition) is 3. The van der Waals surface area contributed by atoms with Gasteiger partial charge < -0.3 is 15.7 Å². The highest BCUT2D eigenvalue weighted by molar-refractivity contribution is 5.78. The Morgan fingerprint density at radius 3 is 2.50 bits per heavy atom. The van der Waals surface area contributed by atoms with Crippen LogP contribution in [0.5, 0.6) is 0 Å². The van der Waals surface area contributed by atoms with Gasteiger partial charge in [-0.15, -0.1) is 0 Å². The van der Waals surface area contributed by atoms with Crippen LogP contribution in [-0.4, -0.2) is 41.0 Å². The lowest BCUT2D eigenvalue weighted by Gasteiger charge is -2.41. The number of nitrogens with zero attached hydrogens (tertiary/aromatic N) is 1. The van der Waals surface area contributed by atoms with Crippen molar-refractivity contribution in [3.8, 4) is 0 Å². The highest BCUT2D eigenvalue weighted by Gasteiger charge is 2.37. The Morgan fingerprint density at radius 1 is 1.50 bits per heavy atom. The lowest BCUT2D eigenvalue weighted by molar-refractivity contribution is -0.150. The van der Waals surface area contributed by atoms with Gasteiger partial charge in [-0.25, -0.2) is 0 Å². The van der Waals surface area contributed by atoms with E-state index in [1.165, 1.54) is 0 Å². The maximum absolute atomic E-state index is 11.6. The van der Waals surface area contributed by atoms with Crippen LogP contribution in [0, 0.1) is 11.8 Å². The number of aliphatic carboxylic acids is 1. The minimum absolute atomic E-state index is 0.0446. The van der Waals surface area contributed by atoms with Gasteiger partial charge in [0.2, 0.25) is 5.91 Å². The number of carboxylic acids is 1. The van der Waals surface area contributed by atoms with Crippen molar-refractivity contribution in [1.82, 2.24) is 4.90 Å². The van der Waals surface area contributed by atoms with Crippen molar-refractivity contribution in [2.24, 2.45) is 17.6 Å². The van der Waals surface area contributed by atoms with E-state index in [1.54, 1.807) is 11.8 Å². The summed E-state index contributed by atoms with van der Waals surface area (Å²) in [6, 6.07) is -0.0801. The normalized spacial score (nSPS) is 20.1. The van der Waals surface area contributed by atoms with Crippen LogP contribution >= 0.6 is 0 Å². The average molecular weight is 228 g/mol. The molecule has 1 aliphatic rings. The summed E-state index contributed by atoms with van der Waals surface area (Å²) in [6.45, 7) is 4.75. The van der Waals surface area contributed by atoms with E-state index in [4.69, 9.17) is 10.8 Å². The zero-order valence-electron chi connectivity index (χ0n) is 9.85. The minimum Gasteiger partial charge on any atom is -0.481 e. The van der Waals surface area contributed by atoms with Gasteiger partial charge in [0.1, 0.15) is 0 Å². The van der Waals surface area contributed by atoms with Crippen molar-refractivity contribution in [3.05, 3.63) is 0 Å². The molecule has 92 valence electrons. The van der Waals surface area contributed by atoms with Crippen LogP contribution in [-0.2, 0) is 9.59 Å². The summed E-state index contributed by atoms with van der Waals surface area (Å²) in [4.78, 5) is 24.0. The van der Waals surface area contributed by atoms with Gasteiger partial charge in [0, 0.05) is 31.5 Å². The molecule has 1 saturated heterocycles. The summed E-state index contributed by atoms with van der Waals surface area (Å²) >= 11 is 0. The largest absolute Gasteiger partial charge is 0.481 e. The molecule has 0 aliphatic carbocycles. The van der Waals surface area contributed by atoms with Crippen LogP contribution in [0.1, 0.15) is 26.7 Å². The predicted octanol–water partition coefficient (Wildman–Crippen LogP) is 0.293. The second-order valence-electron chi connectivity index (χ2n) is 4.56. The smallest absolute Gasteiger partial charge is 0.306 e. The first-order chi connectivity index (χ1) is 7.45.